The first kappa shape index (κ1) is 12.7. The fourth-order valence-electron chi connectivity index (χ4n) is 2.08. The minimum atomic E-state index is -0.857. The summed E-state index contributed by atoms with van der Waals surface area (Å²) in [4.78, 5) is 26.6. The van der Waals surface area contributed by atoms with E-state index in [-0.39, 0.29) is 6.04 Å². The van der Waals surface area contributed by atoms with Gasteiger partial charge in [-0.05, 0) is 19.8 Å². The average molecular weight is 270 g/mol. The van der Waals surface area contributed by atoms with Gasteiger partial charge in [-0.15, -0.1) is 0 Å². The standard InChI is InChI=1S/C10H14N4O3S/c1-5-11-10(18-14-5)13-9(17)12-7-4-2-3-6(7)8(15)16/h6-7H,2-4H2,1H3,(H,15,16)(H2,11,12,13,14,17). The summed E-state index contributed by atoms with van der Waals surface area (Å²) in [5, 5.41) is 14.6. The summed E-state index contributed by atoms with van der Waals surface area (Å²) in [5.74, 6) is -0.754. The molecule has 2 rings (SSSR count). The number of aromatic nitrogens is 2. The Kier molecular flexibility index (Phi) is 3.75. The van der Waals surface area contributed by atoms with Gasteiger partial charge in [0.15, 0.2) is 0 Å². The Morgan fingerprint density at radius 1 is 1.44 bits per heavy atom. The third-order valence-corrected chi connectivity index (χ3v) is 3.62. The molecule has 2 unspecified atom stereocenters. The molecular formula is C10H14N4O3S. The van der Waals surface area contributed by atoms with E-state index in [2.05, 4.69) is 20.0 Å². The van der Waals surface area contributed by atoms with E-state index >= 15 is 0 Å². The largest absolute Gasteiger partial charge is 0.481 e. The number of nitrogens with one attached hydrogen (secondary N) is 2. The molecule has 0 spiro atoms. The van der Waals surface area contributed by atoms with Gasteiger partial charge in [0.2, 0.25) is 5.13 Å². The Labute approximate surface area is 108 Å². The monoisotopic (exact) mass is 270 g/mol. The molecule has 1 aliphatic rings. The first-order valence-corrected chi connectivity index (χ1v) is 6.44. The molecule has 1 aromatic rings. The second-order valence-electron chi connectivity index (χ2n) is 4.23. The molecule has 7 nitrogen and oxygen atoms in total. The Balaban J connectivity index is 1.89. The molecular weight excluding hydrogens is 256 g/mol. The third-order valence-electron chi connectivity index (χ3n) is 2.90. The van der Waals surface area contributed by atoms with Gasteiger partial charge < -0.3 is 10.4 Å². The van der Waals surface area contributed by atoms with E-state index in [1.807, 2.05) is 0 Å². The van der Waals surface area contributed by atoms with E-state index in [9.17, 15) is 9.59 Å². The molecule has 1 aromatic heterocycles. The van der Waals surface area contributed by atoms with Gasteiger partial charge in [-0.1, -0.05) is 6.42 Å². The number of aliphatic carboxylic acids is 1. The normalized spacial score (nSPS) is 22.7. The van der Waals surface area contributed by atoms with Gasteiger partial charge >= 0.3 is 12.0 Å². The summed E-state index contributed by atoms with van der Waals surface area (Å²) in [6, 6.07) is -0.735. The van der Waals surface area contributed by atoms with Crippen LogP contribution < -0.4 is 10.6 Å². The maximum atomic E-state index is 11.7. The lowest BCUT2D eigenvalue weighted by Gasteiger charge is -2.17. The zero-order valence-electron chi connectivity index (χ0n) is 9.84. The highest BCUT2D eigenvalue weighted by molar-refractivity contribution is 7.09. The van der Waals surface area contributed by atoms with E-state index < -0.39 is 17.9 Å². The van der Waals surface area contributed by atoms with Crippen molar-refractivity contribution in [2.24, 2.45) is 5.92 Å². The first-order chi connectivity index (χ1) is 8.56. The van der Waals surface area contributed by atoms with Crippen LogP contribution in [-0.4, -0.2) is 32.5 Å². The van der Waals surface area contributed by atoms with Crippen molar-refractivity contribution in [1.29, 1.82) is 0 Å². The highest BCUT2D eigenvalue weighted by atomic mass is 32.1. The molecule has 0 aromatic carbocycles. The third kappa shape index (κ3) is 2.95. The number of amides is 2. The fourth-order valence-corrected chi connectivity index (χ4v) is 2.65. The highest BCUT2D eigenvalue weighted by Gasteiger charge is 2.33. The van der Waals surface area contributed by atoms with Gasteiger partial charge in [-0.2, -0.15) is 4.37 Å². The quantitative estimate of drug-likeness (QED) is 0.766. The SMILES string of the molecule is Cc1nsc(NC(=O)NC2CCCC2C(=O)O)n1. The van der Waals surface area contributed by atoms with Crippen LogP contribution in [-0.2, 0) is 4.79 Å². The number of anilines is 1. The summed E-state index contributed by atoms with van der Waals surface area (Å²) < 4.78 is 3.94. The van der Waals surface area contributed by atoms with E-state index in [4.69, 9.17) is 5.11 Å². The zero-order valence-corrected chi connectivity index (χ0v) is 10.7. The molecule has 1 fully saturated rings. The number of carbonyl (C=O) groups is 2. The van der Waals surface area contributed by atoms with Crippen LogP contribution in [0.15, 0.2) is 0 Å². The molecule has 1 saturated carbocycles. The molecule has 8 heteroatoms. The Bertz CT molecular complexity index is 462. The lowest BCUT2D eigenvalue weighted by molar-refractivity contribution is -0.142. The topological polar surface area (TPSA) is 104 Å². The van der Waals surface area contributed by atoms with E-state index in [1.54, 1.807) is 6.92 Å². The minimum absolute atomic E-state index is 0.309. The van der Waals surface area contributed by atoms with Gasteiger partial charge in [0.05, 0.1) is 5.92 Å². The van der Waals surface area contributed by atoms with Crippen LogP contribution >= 0.6 is 11.5 Å². The predicted octanol–water partition coefficient (Wildman–Crippen LogP) is 1.22. The molecule has 2 atom stereocenters. The minimum Gasteiger partial charge on any atom is -0.481 e. The molecule has 1 aliphatic carbocycles. The van der Waals surface area contributed by atoms with Crippen molar-refractivity contribution in [3.63, 3.8) is 0 Å². The van der Waals surface area contributed by atoms with Gasteiger partial charge in [0.1, 0.15) is 5.82 Å². The van der Waals surface area contributed by atoms with E-state index in [1.165, 1.54) is 0 Å². The van der Waals surface area contributed by atoms with Crippen molar-refractivity contribution >= 4 is 28.7 Å². The Morgan fingerprint density at radius 3 is 2.83 bits per heavy atom. The van der Waals surface area contributed by atoms with E-state index in [0.29, 0.717) is 23.8 Å². The molecule has 1 heterocycles. The maximum Gasteiger partial charge on any atom is 0.321 e. The van der Waals surface area contributed by atoms with Crippen molar-refractivity contribution < 1.29 is 14.7 Å². The van der Waals surface area contributed by atoms with Gasteiger partial charge in [0.25, 0.3) is 0 Å². The van der Waals surface area contributed by atoms with Crippen LogP contribution in [0.5, 0.6) is 0 Å². The number of nitrogens with zero attached hydrogens (tertiary/aromatic N) is 2. The molecule has 0 saturated heterocycles. The number of urea groups is 1. The second-order valence-corrected chi connectivity index (χ2v) is 4.98. The number of rotatable bonds is 3. The Morgan fingerprint density at radius 2 is 2.22 bits per heavy atom. The number of carboxylic acids is 1. The maximum absolute atomic E-state index is 11.7. The van der Waals surface area contributed by atoms with Crippen LogP contribution in [0.1, 0.15) is 25.1 Å². The Hall–Kier alpha value is -1.70. The molecule has 18 heavy (non-hydrogen) atoms. The van der Waals surface area contributed by atoms with Gasteiger partial charge in [-0.25, -0.2) is 9.78 Å². The van der Waals surface area contributed by atoms with Crippen LogP contribution in [0.3, 0.4) is 0 Å². The summed E-state index contributed by atoms with van der Waals surface area (Å²) >= 11 is 1.09. The number of carboxylic acid groups (broad SMARTS) is 1. The van der Waals surface area contributed by atoms with Crippen molar-refractivity contribution in [1.82, 2.24) is 14.7 Å². The molecule has 0 radical (unpaired) electrons. The van der Waals surface area contributed by atoms with Crippen LogP contribution in [0.4, 0.5) is 9.93 Å². The summed E-state index contributed by atoms with van der Waals surface area (Å²) in [5.41, 5.74) is 0. The van der Waals surface area contributed by atoms with Crippen molar-refractivity contribution in [3.8, 4) is 0 Å². The second kappa shape index (κ2) is 5.30. The summed E-state index contributed by atoms with van der Waals surface area (Å²) in [6.07, 6.45) is 2.12. The number of hydrogen-bond acceptors (Lipinski definition) is 5. The van der Waals surface area contributed by atoms with Gasteiger partial charge in [-0.3, -0.25) is 10.1 Å². The summed E-state index contributed by atoms with van der Waals surface area (Å²) in [7, 11) is 0. The predicted molar refractivity (Wildman–Crippen MR) is 65.6 cm³/mol. The lowest BCUT2D eigenvalue weighted by Crippen LogP contribution is -2.42. The number of aryl methyl sites for hydroxylation is 1. The van der Waals surface area contributed by atoms with Crippen molar-refractivity contribution in [2.45, 2.75) is 32.2 Å². The average Bonchev–Trinajstić information content (AvgIpc) is 2.87. The van der Waals surface area contributed by atoms with Crippen LogP contribution in [0, 0.1) is 12.8 Å². The number of hydrogen-bond donors (Lipinski definition) is 3. The van der Waals surface area contributed by atoms with Crippen LogP contribution in [0.2, 0.25) is 0 Å². The molecule has 3 N–H and O–H groups in total. The van der Waals surface area contributed by atoms with Gasteiger partial charge in [0, 0.05) is 17.6 Å². The number of carbonyl (C=O) groups excluding carboxylic acids is 1. The smallest absolute Gasteiger partial charge is 0.321 e. The molecule has 0 bridgehead atoms. The molecule has 98 valence electrons. The molecule has 2 amide bonds. The van der Waals surface area contributed by atoms with Crippen molar-refractivity contribution in [3.05, 3.63) is 5.82 Å². The fraction of sp³-hybridized carbons (Fsp3) is 0.600. The van der Waals surface area contributed by atoms with Crippen molar-refractivity contribution in [2.75, 3.05) is 5.32 Å². The first-order valence-electron chi connectivity index (χ1n) is 5.67. The van der Waals surface area contributed by atoms with Crippen LogP contribution in [0.25, 0.3) is 0 Å². The summed E-state index contributed by atoms with van der Waals surface area (Å²) in [6.45, 7) is 1.73. The molecule has 0 aliphatic heterocycles. The van der Waals surface area contributed by atoms with E-state index in [0.717, 1.165) is 18.0 Å². The zero-order chi connectivity index (χ0) is 13.1. The lowest BCUT2D eigenvalue weighted by atomic mass is 10.0. The highest BCUT2D eigenvalue weighted by Crippen LogP contribution is 2.25.